The number of ether oxygens (including phenoxy) is 2. The number of sulfone groups is 1. The van der Waals surface area contributed by atoms with Crippen LogP contribution in [0.5, 0.6) is 5.75 Å². The van der Waals surface area contributed by atoms with Crippen molar-refractivity contribution in [1.82, 2.24) is 4.90 Å². The summed E-state index contributed by atoms with van der Waals surface area (Å²) in [6.45, 7) is 12.7. The zero-order chi connectivity index (χ0) is 23.9. The lowest BCUT2D eigenvalue weighted by Crippen LogP contribution is -2.38. The van der Waals surface area contributed by atoms with E-state index in [0.29, 0.717) is 11.5 Å². The van der Waals surface area contributed by atoms with Crippen molar-refractivity contribution in [1.29, 1.82) is 0 Å². The fraction of sp³-hybridized carbons (Fsp3) is 0.522. The van der Waals surface area contributed by atoms with Crippen molar-refractivity contribution in [2.75, 3.05) is 25.9 Å². The molecule has 1 aliphatic heterocycles. The summed E-state index contributed by atoms with van der Waals surface area (Å²) in [5.41, 5.74) is 6.56. The first-order valence-electron chi connectivity index (χ1n) is 10.7. The molecule has 0 unspecified atom stereocenters. The van der Waals surface area contributed by atoms with E-state index in [1.807, 2.05) is 0 Å². The van der Waals surface area contributed by atoms with Gasteiger partial charge in [0.15, 0.2) is 27.3 Å². The normalized spacial score (nSPS) is 17.2. The Hall–Kier alpha value is -2.39. The molecule has 1 heterocycles. The van der Waals surface area contributed by atoms with Crippen molar-refractivity contribution >= 4 is 15.7 Å². The molecule has 32 heavy (non-hydrogen) atoms. The molecule has 7 nitrogen and oxygen atoms in total. The second kappa shape index (κ2) is 11.5. The average Bonchev–Trinajstić information content (AvgIpc) is 2.72. The lowest BCUT2D eigenvalue weighted by Gasteiger charge is -2.32. The van der Waals surface area contributed by atoms with Crippen LogP contribution in [0.15, 0.2) is 52.3 Å². The number of benzene rings is 1. The molecule has 0 amide bonds. The highest BCUT2D eigenvalue weighted by Crippen LogP contribution is 2.23. The van der Waals surface area contributed by atoms with Gasteiger partial charge in [-0.3, -0.25) is 0 Å². The minimum absolute atomic E-state index is 0.0176. The van der Waals surface area contributed by atoms with Crippen LogP contribution in [0.2, 0.25) is 0 Å². The fourth-order valence-electron chi connectivity index (χ4n) is 3.25. The summed E-state index contributed by atoms with van der Waals surface area (Å²) in [5, 5.41) is 0. The van der Waals surface area contributed by atoms with Crippen LogP contribution in [-0.2, 0) is 14.6 Å². The van der Waals surface area contributed by atoms with E-state index in [-0.39, 0.29) is 28.5 Å². The lowest BCUT2D eigenvalue weighted by molar-refractivity contribution is 0.0467. The highest BCUT2D eigenvalue weighted by atomic mass is 32.2. The Kier molecular flexibility index (Phi) is 9.27. The first-order chi connectivity index (χ1) is 15.0. The van der Waals surface area contributed by atoms with Gasteiger partial charge in [-0.15, -0.1) is 0 Å². The van der Waals surface area contributed by atoms with Gasteiger partial charge in [0.2, 0.25) is 5.90 Å². The Morgan fingerprint density at radius 3 is 2.56 bits per heavy atom. The number of nitrogens with two attached hydrogens (primary N) is 1. The smallest absolute Gasteiger partial charge is 0.227 e. The Labute approximate surface area is 190 Å². The maximum absolute atomic E-state index is 14.4. The number of rotatable bonds is 9. The van der Waals surface area contributed by atoms with E-state index in [0.717, 1.165) is 44.8 Å². The van der Waals surface area contributed by atoms with Crippen molar-refractivity contribution in [2.45, 2.75) is 51.0 Å². The van der Waals surface area contributed by atoms with Crippen molar-refractivity contribution in [3.63, 3.8) is 0 Å². The van der Waals surface area contributed by atoms with Gasteiger partial charge < -0.3 is 20.1 Å². The molecule has 1 saturated heterocycles. The quantitative estimate of drug-likeness (QED) is 0.337. The summed E-state index contributed by atoms with van der Waals surface area (Å²) in [6, 6.07) is 3.41. The predicted octanol–water partition coefficient (Wildman–Crippen LogP) is 3.87. The van der Waals surface area contributed by atoms with Gasteiger partial charge in [-0.2, -0.15) is 0 Å². The van der Waals surface area contributed by atoms with Crippen molar-refractivity contribution in [2.24, 2.45) is 16.6 Å². The monoisotopic (exact) mass is 467 g/mol. The minimum Gasteiger partial charge on any atom is -0.476 e. The van der Waals surface area contributed by atoms with Gasteiger partial charge in [-0.25, -0.2) is 17.8 Å². The molecular formula is C23H34FN3O4S. The molecule has 0 aromatic heterocycles. The second-order valence-electron chi connectivity index (χ2n) is 8.41. The molecule has 1 fully saturated rings. The maximum atomic E-state index is 14.4. The molecule has 0 spiro atoms. The van der Waals surface area contributed by atoms with Gasteiger partial charge in [0.05, 0.1) is 10.5 Å². The van der Waals surface area contributed by atoms with Crippen molar-refractivity contribution < 1.29 is 22.3 Å². The van der Waals surface area contributed by atoms with E-state index >= 15 is 0 Å². The average molecular weight is 468 g/mol. The highest BCUT2D eigenvalue weighted by molar-refractivity contribution is 7.90. The summed E-state index contributed by atoms with van der Waals surface area (Å²) in [6.07, 6.45) is 5.14. The van der Waals surface area contributed by atoms with Crippen LogP contribution in [0.3, 0.4) is 0 Å². The molecule has 1 aromatic rings. The first kappa shape index (κ1) is 25.9. The standard InChI is InChI=1S/C23H34FN3O4S/c1-6-26-23(31-21-8-7-19(15-20(21)24)32(5,28)29)17(4)22(25)30-18-10-13-27(14-11-18)12-9-16(2)3/h6-8,15-16,18H,1,9-14,25H2,2-5H3/b22-17+,26-23+. The van der Waals surface area contributed by atoms with E-state index in [1.54, 1.807) is 6.92 Å². The topological polar surface area (TPSA) is 94.2 Å². The summed E-state index contributed by atoms with van der Waals surface area (Å²) in [7, 11) is -3.53. The Balaban J connectivity index is 2.07. The molecule has 0 aliphatic carbocycles. The van der Waals surface area contributed by atoms with Gasteiger partial charge in [-0.1, -0.05) is 20.4 Å². The summed E-state index contributed by atoms with van der Waals surface area (Å²) >= 11 is 0. The van der Waals surface area contributed by atoms with Crippen LogP contribution in [-0.4, -0.2) is 51.2 Å². The largest absolute Gasteiger partial charge is 0.476 e. The second-order valence-corrected chi connectivity index (χ2v) is 10.4. The van der Waals surface area contributed by atoms with E-state index in [9.17, 15) is 12.8 Å². The zero-order valence-electron chi connectivity index (χ0n) is 19.3. The van der Waals surface area contributed by atoms with Crippen molar-refractivity contribution in [3.8, 4) is 5.75 Å². The third-order valence-corrected chi connectivity index (χ3v) is 6.40. The SMILES string of the molecule is C=C/N=C(Oc1ccc(S(C)(=O)=O)cc1F)\C(C)=C(/N)OC1CCN(CCC(C)C)CC1. The number of piperidine rings is 1. The number of likely N-dealkylation sites (tertiary alicyclic amines) is 1. The summed E-state index contributed by atoms with van der Waals surface area (Å²) in [4.78, 5) is 6.34. The molecular weight excluding hydrogens is 433 g/mol. The maximum Gasteiger partial charge on any atom is 0.227 e. The van der Waals surface area contributed by atoms with Crippen molar-refractivity contribution in [3.05, 3.63) is 48.3 Å². The molecule has 2 N–H and O–H groups in total. The van der Waals surface area contributed by atoms with E-state index < -0.39 is 15.7 Å². The van der Waals surface area contributed by atoms with Gasteiger partial charge in [0, 0.05) is 25.5 Å². The molecule has 0 bridgehead atoms. The van der Waals surface area contributed by atoms with E-state index in [1.165, 1.54) is 24.8 Å². The first-order valence-corrected chi connectivity index (χ1v) is 12.6. The van der Waals surface area contributed by atoms with Crippen LogP contribution >= 0.6 is 0 Å². The Bertz CT molecular complexity index is 965. The zero-order valence-corrected chi connectivity index (χ0v) is 20.1. The highest BCUT2D eigenvalue weighted by Gasteiger charge is 2.22. The number of aliphatic imine (C=N–C) groups is 1. The summed E-state index contributed by atoms with van der Waals surface area (Å²) < 4.78 is 49.2. The number of hydrogen-bond donors (Lipinski definition) is 1. The summed E-state index contributed by atoms with van der Waals surface area (Å²) in [5.74, 6) is -0.146. The van der Waals surface area contributed by atoms with Gasteiger partial charge >= 0.3 is 0 Å². The van der Waals surface area contributed by atoms with E-state index in [4.69, 9.17) is 15.2 Å². The molecule has 0 atom stereocenters. The van der Waals surface area contributed by atoms with Crippen LogP contribution in [0.4, 0.5) is 4.39 Å². The molecule has 2 rings (SSSR count). The number of hydrogen-bond acceptors (Lipinski definition) is 7. The predicted molar refractivity (Wildman–Crippen MR) is 125 cm³/mol. The Morgan fingerprint density at radius 1 is 1.38 bits per heavy atom. The lowest BCUT2D eigenvalue weighted by atomic mass is 10.1. The van der Waals surface area contributed by atoms with E-state index in [2.05, 4.69) is 30.3 Å². The molecule has 0 saturated carbocycles. The van der Waals surface area contributed by atoms with Gasteiger partial charge in [-0.05, 0) is 56.8 Å². The molecule has 1 aliphatic rings. The van der Waals surface area contributed by atoms with Crippen LogP contribution in [0, 0.1) is 11.7 Å². The Morgan fingerprint density at radius 2 is 2.03 bits per heavy atom. The molecule has 9 heteroatoms. The van der Waals surface area contributed by atoms with Crippen LogP contribution in [0.1, 0.15) is 40.0 Å². The fourth-order valence-corrected chi connectivity index (χ4v) is 3.88. The molecule has 0 radical (unpaired) electrons. The number of nitrogens with zero attached hydrogens (tertiary/aromatic N) is 2. The van der Waals surface area contributed by atoms with Gasteiger partial charge in [0.25, 0.3) is 0 Å². The van der Waals surface area contributed by atoms with Gasteiger partial charge in [0.1, 0.15) is 6.10 Å². The van der Waals surface area contributed by atoms with Crippen LogP contribution < -0.4 is 10.5 Å². The van der Waals surface area contributed by atoms with Crippen LogP contribution in [0.25, 0.3) is 0 Å². The minimum atomic E-state index is -3.53. The molecule has 178 valence electrons. The molecule has 1 aromatic carbocycles. The number of halogens is 1. The third kappa shape index (κ3) is 7.63. The third-order valence-electron chi connectivity index (χ3n) is 5.29.